The third kappa shape index (κ3) is 4.94. The van der Waals surface area contributed by atoms with Gasteiger partial charge in [-0.3, -0.25) is 4.79 Å². The van der Waals surface area contributed by atoms with Crippen LogP contribution in [0.25, 0.3) is 11.4 Å². The maximum absolute atomic E-state index is 13.4. The summed E-state index contributed by atoms with van der Waals surface area (Å²) in [7, 11) is 0. The van der Waals surface area contributed by atoms with Crippen molar-refractivity contribution < 1.29 is 18.4 Å². The number of aromatic nitrogens is 2. The number of amides is 1. The Labute approximate surface area is 175 Å². The minimum Gasteiger partial charge on any atom is -0.381 e. The van der Waals surface area contributed by atoms with Crippen LogP contribution in [0, 0.1) is 11.7 Å². The zero-order valence-corrected chi connectivity index (χ0v) is 16.9. The molecule has 7 nitrogen and oxygen atoms in total. The Morgan fingerprint density at radius 1 is 1.28 bits per heavy atom. The Bertz CT molecular complexity index is 828. The molecule has 0 radical (unpaired) electrons. The summed E-state index contributed by atoms with van der Waals surface area (Å²) in [5.74, 6) is 0.620. The molecule has 2 aromatic rings. The number of nitrogens with two attached hydrogens (primary N) is 1. The number of carbonyl (C=O) groups is 1. The van der Waals surface area contributed by atoms with Crippen LogP contribution in [0.3, 0.4) is 0 Å². The van der Waals surface area contributed by atoms with Gasteiger partial charge in [-0.05, 0) is 43.7 Å². The Kier molecular flexibility index (Phi) is 7.21. The lowest BCUT2D eigenvalue weighted by atomic mass is 9.90. The molecule has 1 amide bonds. The first-order chi connectivity index (χ1) is 13.6. The Morgan fingerprint density at radius 3 is 2.83 bits per heavy atom. The lowest BCUT2D eigenvalue weighted by Gasteiger charge is -2.35. The van der Waals surface area contributed by atoms with Gasteiger partial charge < -0.3 is 19.9 Å². The van der Waals surface area contributed by atoms with E-state index in [1.54, 1.807) is 12.1 Å². The van der Waals surface area contributed by atoms with Gasteiger partial charge in [0.15, 0.2) is 0 Å². The van der Waals surface area contributed by atoms with Crippen molar-refractivity contribution in [3.05, 3.63) is 36.0 Å². The van der Waals surface area contributed by atoms with Crippen LogP contribution in [-0.2, 0) is 9.53 Å². The van der Waals surface area contributed by atoms with E-state index in [1.807, 2.05) is 4.90 Å². The number of piperidine rings is 1. The molecule has 0 aliphatic carbocycles. The molecule has 1 aromatic heterocycles. The summed E-state index contributed by atoms with van der Waals surface area (Å²) in [5, 5.41) is 3.99. The number of hydrogen-bond donors (Lipinski definition) is 1. The summed E-state index contributed by atoms with van der Waals surface area (Å²) < 4.78 is 24.2. The second-order valence-electron chi connectivity index (χ2n) is 7.57. The zero-order valence-electron chi connectivity index (χ0n) is 16.1. The lowest BCUT2D eigenvalue weighted by molar-refractivity contribution is -0.136. The van der Waals surface area contributed by atoms with Crippen molar-refractivity contribution in [1.29, 1.82) is 0 Å². The van der Waals surface area contributed by atoms with Gasteiger partial charge in [-0.2, -0.15) is 4.98 Å². The lowest BCUT2D eigenvalue weighted by Crippen LogP contribution is -2.51. The Morgan fingerprint density at radius 2 is 2.07 bits per heavy atom. The molecule has 2 aliphatic rings. The zero-order chi connectivity index (χ0) is 19.5. The van der Waals surface area contributed by atoms with Crippen molar-refractivity contribution in [2.24, 2.45) is 11.7 Å². The summed E-state index contributed by atoms with van der Waals surface area (Å²) in [4.78, 5) is 19.2. The van der Waals surface area contributed by atoms with E-state index in [1.165, 1.54) is 12.1 Å². The topological polar surface area (TPSA) is 94.5 Å². The molecule has 2 unspecified atom stereocenters. The highest BCUT2D eigenvalue weighted by molar-refractivity contribution is 5.85. The molecule has 9 heteroatoms. The van der Waals surface area contributed by atoms with Gasteiger partial charge in [0, 0.05) is 31.9 Å². The largest absolute Gasteiger partial charge is 0.381 e. The molecule has 3 heterocycles. The molecular formula is C20H26ClFN4O3. The van der Waals surface area contributed by atoms with Crippen LogP contribution in [0.5, 0.6) is 0 Å². The van der Waals surface area contributed by atoms with Gasteiger partial charge >= 0.3 is 0 Å². The van der Waals surface area contributed by atoms with E-state index in [0.29, 0.717) is 43.6 Å². The third-order valence-corrected chi connectivity index (χ3v) is 5.67. The quantitative estimate of drug-likeness (QED) is 0.810. The van der Waals surface area contributed by atoms with Crippen molar-refractivity contribution in [2.45, 2.75) is 37.6 Å². The van der Waals surface area contributed by atoms with Crippen molar-refractivity contribution in [3.63, 3.8) is 0 Å². The second kappa shape index (κ2) is 9.65. The fourth-order valence-corrected chi connectivity index (χ4v) is 4.01. The predicted molar refractivity (Wildman–Crippen MR) is 107 cm³/mol. The summed E-state index contributed by atoms with van der Waals surface area (Å²) in [6.45, 7) is 2.54. The van der Waals surface area contributed by atoms with E-state index >= 15 is 0 Å². The minimum atomic E-state index is -0.492. The van der Waals surface area contributed by atoms with Crippen molar-refractivity contribution in [3.8, 4) is 11.4 Å². The summed E-state index contributed by atoms with van der Waals surface area (Å²) in [6, 6.07) is 5.60. The van der Waals surface area contributed by atoms with Gasteiger partial charge in [0.25, 0.3) is 0 Å². The van der Waals surface area contributed by atoms with Crippen LogP contribution in [0.1, 0.15) is 37.5 Å². The molecular weight excluding hydrogens is 399 g/mol. The standard InChI is InChI=1S/C20H25FN4O3.ClH/c21-16-5-1-3-14(11-16)18-23-19(28-24-18)15-4-2-8-25(12-15)20(26)17(22)13-6-9-27-10-7-13;/h1,3,5,11,13,15,17H,2,4,6-10,12,22H2;1H. The first-order valence-electron chi connectivity index (χ1n) is 9.83. The average molecular weight is 425 g/mol. The highest BCUT2D eigenvalue weighted by atomic mass is 35.5. The Hall–Kier alpha value is -2.03. The third-order valence-electron chi connectivity index (χ3n) is 5.67. The number of carbonyl (C=O) groups excluding carboxylic acids is 1. The molecule has 4 rings (SSSR count). The van der Waals surface area contributed by atoms with Crippen LogP contribution >= 0.6 is 12.4 Å². The number of benzene rings is 1. The number of rotatable bonds is 4. The van der Waals surface area contributed by atoms with Crippen molar-refractivity contribution >= 4 is 18.3 Å². The maximum atomic E-state index is 13.4. The molecule has 2 fully saturated rings. The van der Waals surface area contributed by atoms with Crippen LogP contribution < -0.4 is 5.73 Å². The van der Waals surface area contributed by atoms with E-state index in [-0.39, 0.29) is 36.0 Å². The fraction of sp³-hybridized carbons (Fsp3) is 0.550. The van der Waals surface area contributed by atoms with E-state index < -0.39 is 6.04 Å². The van der Waals surface area contributed by atoms with Gasteiger partial charge in [0.05, 0.1) is 12.0 Å². The number of hydrogen-bond acceptors (Lipinski definition) is 6. The molecule has 158 valence electrons. The first kappa shape index (κ1) is 21.7. The van der Waals surface area contributed by atoms with Gasteiger partial charge in [-0.15, -0.1) is 12.4 Å². The molecule has 29 heavy (non-hydrogen) atoms. The van der Waals surface area contributed by atoms with Crippen LogP contribution in [0.15, 0.2) is 28.8 Å². The van der Waals surface area contributed by atoms with E-state index in [9.17, 15) is 9.18 Å². The van der Waals surface area contributed by atoms with Crippen LogP contribution in [0.2, 0.25) is 0 Å². The minimum absolute atomic E-state index is 0. The molecule has 2 N–H and O–H groups in total. The van der Waals surface area contributed by atoms with Gasteiger partial charge in [-0.1, -0.05) is 17.3 Å². The molecule has 1 aromatic carbocycles. The smallest absolute Gasteiger partial charge is 0.239 e. The van der Waals surface area contributed by atoms with E-state index in [2.05, 4.69) is 10.1 Å². The average Bonchev–Trinajstić information content (AvgIpc) is 3.24. The van der Waals surface area contributed by atoms with Crippen LogP contribution in [0.4, 0.5) is 4.39 Å². The summed E-state index contributed by atoms with van der Waals surface area (Å²) in [6.07, 6.45) is 3.37. The maximum Gasteiger partial charge on any atom is 0.239 e. The molecule has 0 saturated carbocycles. The molecule has 0 spiro atoms. The molecule has 2 saturated heterocycles. The SMILES string of the molecule is Cl.NC(C(=O)N1CCCC(c2nc(-c3cccc(F)c3)no2)C1)C1CCOCC1. The Balaban J connectivity index is 0.00000240. The van der Waals surface area contributed by atoms with Crippen molar-refractivity contribution in [2.75, 3.05) is 26.3 Å². The summed E-state index contributed by atoms with van der Waals surface area (Å²) in [5.41, 5.74) is 6.84. The van der Waals surface area contributed by atoms with Gasteiger partial charge in [0.1, 0.15) is 5.82 Å². The number of halogens is 2. The van der Waals surface area contributed by atoms with Crippen molar-refractivity contribution in [1.82, 2.24) is 15.0 Å². The molecule has 2 atom stereocenters. The predicted octanol–water partition coefficient (Wildman–Crippen LogP) is 2.76. The van der Waals surface area contributed by atoms with Gasteiger partial charge in [0.2, 0.25) is 17.6 Å². The molecule has 0 bridgehead atoms. The van der Waals surface area contributed by atoms with Gasteiger partial charge in [-0.25, -0.2) is 4.39 Å². The first-order valence-corrected chi connectivity index (χ1v) is 9.83. The highest BCUT2D eigenvalue weighted by Crippen LogP contribution is 2.29. The normalized spacial score (nSPS) is 21.4. The number of nitrogens with zero attached hydrogens (tertiary/aromatic N) is 3. The molecule has 2 aliphatic heterocycles. The van der Waals surface area contributed by atoms with E-state index in [0.717, 1.165) is 25.7 Å². The van der Waals surface area contributed by atoms with Crippen LogP contribution in [-0.4, -0.2) is 53.3 Å². The fourth-order valence-electron chi connectivity index (χ4n) is 4.01. The second-order valence-corrected chi connectivity index (χ2v) is 7.57. The number of ether oxygens (including phenoxy) is 1. The van der Waals surface area contributed by atoms with E-state index in [4.69, 9.17) is 15.0 Å². The number of likely N-dealkylation sites (tertiary alicyclic amines) is 1. The monoisotopic (exact) mass is 424 g/mol. The highest BCUT2D eigenvalue weighted by Gasteiger charge is 2.34. The summed E-state index contributed by atoms with van der Waals surface area (Å²) >= 11 is 0.